The number of nitrogens with zero attached hydrogens (tertiary/aromatic N) is 2. The SMILES string of the molecule is CCC(C)NC(=O)C(Cc1ccccc1)N(Cc1ccccc1C)C(=O)CN(c1cc(OC)ccc1OC)S(C)(=O)=O. The molecule has 2 atom stereocenters. The third kappa shape index (κ3) is 8.48. The van der Waals surface area contributed by atoms with Gasteiger partial charge in [0, 0.05) is 25.1 Å². The van der Waals surface area contributed by atoms with Gasteiger partial charge in [0.1, 0.15) is 24.1 Å². The zero-order valence-electron chi connectivity index (χ0n) is 25.2. The first kappa shape index (κ1) is 32.5. The van der Waals surface area contributed by atoms with Gasteiger partial charge < -0.3 is 19.7 Å². The van der Waals surface area contributed by atoms with Crippen LogP contribution < -0.4 is 19.1 Å². The van der Waals surface area contributed by atoms with Crippen LogP contribution in [0.5, 0.6) is 11.5 Å². The van der Waals surface area contributed by atoms with Crippen molar-refractivity contribution < 1.29 is 27.5 Å². The number of carbonyl (C=O) groups is 2. The van der Waals surface area contributed by atoms with Gasteiger partial charge in [-0.15, -0.1) is 0 Å². The van der Waals surface area contributed by atoms with Gasteiger partial charge in [-0.1, -0.05) is 61.5 Å². The van der Waals surface area contributed by atoms with Gasteiger partial charge in [0.15, 0.2) is 0 Å². The van der Waals surface area contributed by atoms with Crippen molar-refractivity contribution >= 4 is 27.5 Å². The number of nitrogens with one attached hydrogen (secondary N) is 1. The molecule has 3 aromatic carbocycles. The second kappa shape index (κ2) is 14.7. The van der Waals surface area contributed by atoms with Gasteiger partial charge in [-0.25, -0.2) is 8.42 Å². The van der Waals surface area contributed by atoms with Crippen molar-refractivity contribution in [2.24, 2.45) is 0 Å². The number of anilines is 1. The van der Waals surface area contributed by atoms with Gasteiger partial charge in [-0.05, 0) is 49.1 Å². The number of amides is 2. The van der Waals surface area contributed by atoms with Crippen LogP contribution >= 0.6 is 0 Å². The minimum atomic E-state index is -3.96. The quantitative estimate of drug-likeness (QED) is 0.298. The second-order valence-corrected chi connectivity index (χ2v) is 12.2. The van der Waals surface area contributed by atoms with E-state index in [4.69, 9.17) is 9.47 Å². The number of methoxy groups -OCH3 is 2. The maximum Gasteiger partial charge on any atom is 0.244 e. The van der Waals surface area contributed by atoms with Crippen molar-refractivity contribution in [1.82, 2.24) is 10.2 Å². The van der Waals surface area contributed by atoms with Gasteiger partial charge in [0.2, 0.25) is 21.8 Å². The van der Waals surface area contributed by atoms with Crippen LogP contribution in [0, 0.1) is 6.92 Å². The summed E-state index contributed by atoms with van der Waals surface area (Å²) in [5, 5.41) is 3.03. The van der Waals surface area contributed by atoms with E-state index in [9.17, 15) is 18.0 Å². The Hall–Kier alpha value is -4.05. The summed E-state index contributed by atoms with van der Waals surface area (Å²) in [6.45, 7) is 5.39. The van der Waals surface area contributed by atoms with Gasteiger partial charge >= 0.3 is 0 Å². The zero-order valence-corrected chi connectivity index (χ0v) is 26.0. The Bertz CT molecular complexity index is 1460. The molecule has 0 spiro atoms. The Morgan fingerprint density at radius 1 is 0.952 bits per heavy atom. The molecule has 0 bridgehead atoms. The lowest BCUT2D eigenvalue weighted by Gasteiger charge is -2.34. The van der Waals surface area contributed by atoms with Gasteiger partial charge in [-0.2, -0.15) is 0 Å². The zero-order chi connectivity index (χ0) is 30.9. The molecule has 42 heavy (non-hydrogen) atoms. The molecule has 0 aliphatic heterocycles. The van der Waals surface area contributed by atoms with Crippen molar-refractivity contribution in [3.05, 3.63) is 89.5 Å². The third-order valence-electron chi connectivity index (χ3n) is 7.21. The standard InChI is InChI=1S/C32H41N3O6S/c1-7-24(3)33-32(37)29(19-25-14-9-8-10-15-25)34(21-26-16-12-11-13-23(26)2)31(36)22-35(42(6,38)39)28-20-27(40-4)17-18-30(28)41-5/h8-18,20,24,29H,7,19,21-22H2,1-6H3,(H,33,37). The largest absolute Gasteiger partial charge is 0.497 e. The molecule has 0 radical (unpaired) electrons. The van der Waals surface area contributed by atoms with E-state index in [0.29, 0.717) is 12.2 Å². The molecule has 0 heterocycles. The fourth-order valence-corrected chi connectivity index (χ4v) is 5.40. The predicted molar refractivity (Wildman–Crippen MR) is 165 cm³/mol. The maximum absolute atomic E-state index is 14.3. The predicted octanol–water partition coefficient (Wildman–Crippen LogP) is 4.33. The second-order valence-electron chi connectivity index (χ2n) is 10.3. The molecule has 9 nitrogen and oxygen atoms in total. The summed E-state index contributed by atoms with van der Waals surface area (Å²) in [4.78, 5) is 29.6. The summed E-state index contributed by atoms with van der Waals surface area (Å²) in [5.41, 5.74) is 2.83. The molecule has 10 heteroatoms. The lowest BCUT2D eigenvalue weighted by atomic mass is 10.0. The molecule has 2 unspecified atom stereocenters. The van der Waals surface area contributed by atoms with Crippen LogP contribution in [-0.4, -0.2) is 64.2 Å². The van der Waals surface area contributed by atoms with Crippen molar-refractivity contribution in [3.63, 3.8) is 0 Å². The molecule has 3 aromatic rings. The average molecular weight is 596 g/mol. The van der Waals surface area contributed by atoms with E-state index in [1.807, 2.05) is 75.4 Å². The number of carbonyl (C=O) groups excluding carboxylic acids is 2. The summed E-state index contributed by atoms with van der Waals surface area (Å²) in [6, 6.07) is 20.8. The van der Waals surface area contributed by atoms with Gasteiger partial charge in [0.05, 0.1) is 26.2 Å². The first-order valence-electron chi connectivity index (χ1n) is 13.9. The topological polar surface area (TPSA) is 105 Å². The highest BCUT2D eigenvalue weighted by molar-refractivity contribution is 7.92. The number of rotatable bonds is 14. The molecule has 2 amide bonds. The number of sulfonamides is 1. The molecule has 1 N–H and O–H groups in total. The molecule has 0 aliphatic carbocycles. The van der Waals surface area contributed by atoms with E-state index in [2.05, 4.69) is 5.32 Å². The summed E-state index contributed by atoms with van der Waals surface area (Å²) >= 11 is 0. The molecule has 0 aromatic heterocycles. The van der Waals surface area contributed by atoms with Gasteiger partial charge in [0.25, 0.3) is 0 Å². The van der Waals surface area contributed by atoms with E-state index in [1.54, 1.807) is 12.1 Å². The summed E-state index contributed by atoms with van der Waals surface area (Å²) in [6.07, 6.45) is 2.00. The van der Waals surface area contributed by atoms with Crippen molar-refractivity contribution in [2.75, 3.05) is 31.3 Å². The Labute approximate surface area is 249 Å². The van der Waals surface area contributed by atoms with Crippen molar-refractivity contribution in [3.8, 4) is 11.5 Å². The Balaban J connectivity index is 2.12. The van der Waals surface area contributed by atoms with Crippen molar-refractivity contribution in [1.29, 1.82) is 0 Å². The van der Waals surface area contributed by atoms with Crippen LogP contribution in [0.4, 0.5) is 5.69 Å². The maximum atomic E-state index is 14.3. The highest BCUT2D eigenvalue weighted by atomic mass is 32.2. The summed E-state index contributed by atoms with van der Waals surface area (Å²) in [5.74, 6) is -0.179. The molecular weight excluding hydrogens is 554 g/mol. The first-order valence-corrected chi connectivity index (χ1v) is 15.7. The molecule has 3 rings (SSSR count). The van der Waals surface area contributed by atoms with E-state index in [-0.39, 0.29) is 36.4 Å². The van der Waals surface area contributed by atoms with E-state index in [0.717, 1.165) is 27.3 Å². The molecule has 0 fully saturated rings. The fourth-order valence-electron chi connectivity index (χ4n) is 4.55. The number of benzene rings is 3. The molecule has 0 saturated carbocycles. The van der Waals surface area contributed by atoms with Crippen LogP contribution in [-0.2, 0) is 32.6 Å². The lowest BCUT2D eigenvalue weighted by Crippen LogP contribution is -2.54. The number of aryl methyl sites for hydroxylation is 1. The Morgan fingerprint density at radius 3 is 2.21 bits per heavy atom. The van der Waals surface area contributed by atoms with Gasteiger partial charge in [-0.3, -0.25) is 13.9 Å². The van der Waals surface area contributed by atoms with Crippen molar-refractivity contribution in [2.45, 2.75) is 52.2 Å². The van der Waals surface area contributed by atoms with E-state index in [1.165, 1.54) is 25.2 Å². The normalized spacial score (nSPS) is 12.6. The molecule has 0 aliphatic rings. The van der Waals surface area contributed by atoms with Crippen LogP contribution in [0.1, 0.15) is 37.0 Å². The first-order chi connectivity index (χ1) is 20.0. The minimum Gasteiger partial charge on any atom is -0.497 e. The number of hydrogen-bond acceptors (Lipinski definition) is 6. The number of hydrogen-bond donors (Lipinski definition) is 1. The summed E-state index contributed by atoms with van der Waals surface area (Å²) in [7, 11) is -1.07. The minimum absolute atomic E-state index is 0.111. The molecule has 0 saturated heterocycles. The highest BCUT2D eigenvalue weighted by Gasteiger charge is 2.34. The van der Waals surface area contributed by atoms with Crippen LogP contribution in [0.25, 0.3) is 0 Å². The fraction of sp³-hybridized carbons (Fsp3) is 0.375. The summed E-state index contributed by atoms with van der Waals surface area (Å²) < 4.78 is 38.0. The monoisotopic (exact) mass is 595 g/mol. The third-order valence-corrected chi connectivity index (χ3v) is 8.33. The van der Waals surface area contributed by atoms with E-state index < -0.39 is 28.5 Å². The Morgan fingerprint density at radius 2 is 1.62 bits per heavy atom. The molecular formula is C32H41N3O6S. The van der Waals surface area contributed by atoms with Crippen LogP contribution in [0.15, 0.2) is 72.8 Å². The highest BCUT2D eigenvalue weighted by Crippen LogP contribution is 2.34. The van der Waals surface area contributed by atoms with Crippen LogP contribution in [0.3, 0.4) is 0 Å². The number of ether oxygens (including phenoxy) is 2. The Kier molecular flexibility index (Phi) is 11.4. The lowest BCUT2D eigenvalue weighted by molar-refractivity contribution is -0.140. The smallest absolute Gasteiger partial charge is 0.244 e. The van der Waals surface area contributed by atoms with Crippen LogP contribution in [0.2, 0.25) is 0 Å². The molecule has 226 valence electrons. The average Bonchev–Trinajstić information content (AvgIpc) is 2.97. The van der Waals surface area contributed by atoms with E-state index >= 15 is 0 Å².